The van der Waals surface area contributed by atoms with Crippen molar-refractivity contribution in [2.24, 2.45) is 5.92 Å². The molecule has 2 fully saturated rings. The zero-order valence-electron chi connectivity index (χ0n) is 32.7. The second kappa shape index (κ2) is 20.0. The molecule has 2 aliphatic carbocycles. The molecule has 0 radical (unpaired) electrons. The van der Waals surface area contributed by atoms with Gasteiger partial charge < -0.3 is 0 Å². The molecule has 2 saturated carbocycles. The summed E-state index contributed by atoms with van der Waals surface area (Å²) in [4.78, 5) is 0. The topological polar surface area (TPSA) is 0 Å². The van der Waals surface area contributed by atoms with E-state index in [0.717, 1.165) is 5.92 Å². The first-order valence-electron chi connectivity index (χ1n) is 19.6. The molecule has 15 heteroatoms. The van der Waals surface area contributed by atoms with E-state index >= 15 is 0 Å². The summed E-state index contributed by atoms with van der Waals surface area (Å²) in [6.07, 6.45) is -13.0. The van der Waals surface area contributed by atoms with Crippen LogP contribution in [0.25, 0.3) is 0 Å². The molecule has 0 unspecified atom stereocenters. The number of halogens is 12. The van der Waals surface area contributed by atoms with Crippen LogP contribution in [0.4, 0.5) is 52.7 Å². The van der Waals surface area contributed by atoms with E-state index in [0.29, 0.717) is 49.9 Å². The van der Waals surface area contributed by atoms with Crippen LogP contribution in [0.5, 0.6) is 0 Å². The Morgan fingerprint density at radius 1 is 0.443 bits per heavy atom. The summed E-state index contributed by atoms with van der Waals surface area (Å²) in [6, 6.07) is 32.7. The Morgan fingerprint density at radius 2 is 0.787 bits per heavy atom. The van der Waals surface area contributed by atoms with Gasteiger partial charge in [-0.15, -0.1) is 0 Å². The van der Waals surface area contributed by atoms with E-state index in [9.17, 15) is 52.7 Å². The third kappa shape index (κ3) is 12.2. The first-order chi connectivity index (χ1) is 28.2. The Labute approximate surface area is 360 Å². The molecule has 2 aliphatic rings. The van der Waals surface area contributed by atoms with Gasteiger partial charge in [0.05, 0.1) is 22.3 Å². The summed E-state index contributed by atoms with van der Waals surface area (Å²) >= 11 is 0. The Kier molecular flexibility index (Phi) is 16.0. The van der Waals surface area contributed by atoms with E-state index in [1.165, 1.54) is 43.2 Å². The van der Waals surface area contributed by atoms with Crippen LogP contribution in [0, 0.1) is 5.92 Å². The summed E-state index contributed by atoms with van der Waals surface area (Å²) in [5.41, 5.74) is -5.91. The van der Waals surface area contributed by atoms with Crippen LogP contribution in [0.15, 0.2) is 121 Å². The molecule has 5 aromatic rings. The zero-order chi connectivity index (χ0) is 43.5. The summed E-state index contributed by atoms with van der Waals surface area (Å²) in [5.74, 6) is 0.461. The minimum atomic E-state index is -5.22. The van der Waals surface area contributed by atoms with Crippen molar-refractivity contribution in [3.63, 3.8) is 0 Å². The average Bonchev–Trinajstić information content (AvgIpc) is 3.94. The summed E-state index contributed by atoms with van der Waals surface area (Å²) in [5, 5.41) is 3.28. The van der Waals surface area contributed by atoms with Gasteiger partial charge in [0.2, 0.25) is 0 Å². The Hall–Kier alpha value is -3.36. The number of hydrogen-bond donors (Lipinski definition) is 0. The minimum absolute atomic E-state index is 0. The van der Waals surface area contributed by atoms with Gasteiger partial charge in [0.25, 0.3) is 0 Å². The molecule has 0 spiro atoms. The third-order valence-electron chi connectivity index (χ3n) is 11.2. The van der Waals surface area contributed by atoms with Crippen molar-refractivity contribution in [3.05, 3.63) is 149 Å². The maximum absolute atomic E-state index is 13.5. The van der Waals surface area contributed by atoms with Crippen molar-refractivity contribution in [1.82, 2.24) is 0 Å². The molecule has 0 heterocycles. The second-order valence-electron chi connectivity index (χ2n) is 15.2. The fourth-order valence-corrected chi connectivity index (χ4v) is 13.9. The molecule has 7 rings (SSSR count). The normalized spacial score (nSPS) is 16.0. The molecule has 0 amide bonds. The molecule has 0 aromatic heterocycles. The maximum Gasteiger partial charge on any atom is 0.416 e. The Bertz CT molecular complexity index is 1990. The Morgan fingerprint density at radius 3 is 1.16 bits per heavy atom. The van der Waals surface area contributed by atoms with Gasteiger partial charge in [-0.25, -0.2) is 0 Å². The monoisotopic (exact) mass is 940 g/mol. The number of hydrogen-bond acceptors (Lipinski definition) is 0. The fraction of sp³-hybridized carbons (Fsp3) is 0.348. The Balaban J connectivity index is 0.000000244. The molecule has 61 heavy (non-hydrogen) atoms. The van der Waals surface area contributed by atoms with Crippen LogP contribution in [-0.2, 0) is 41.8 Å². The van der Waals surface area contributed by atoms with Gasteiger partial charge in [-0.2, -0.15) is 52.7 Å². The zero-order valence-corrected chi connectivity index (χ0v) is 35.6. The van der Waals surface area contributed by atoms with Crippen molar-refractivity contribution in [3.8, 4) is 0 Å². The largest absolute Gasteiger partial charge is 0.416 e. The molecule has 0 aliphatic heterocycles. The van der Waals surface area contributed by atoms with Crippen molar-refractivity contribution in [2.75, 3.05) is 0 Å². The van der Waals surface area contributed by atoms with Crippen molar-refractivity contribution in [1.29, 1.82) is 0 Å². The van der Waals surface area contributed by atoms with Crippen LogP contribution in [0.3, 0.4) is 0 Å². The molecular formula is C46H42F12FeP2. The summed E-state index contributed by atoms with van der Waals surface area (Å²) in [6.45, 7) is 1.46. The average molecular weight is 941 g/mol. The van der Waals surface area contributed by atoms with Gasteiger partial charge in [-0.3, -0.25) is 0 Å². The van der Waals surface area contributed by atoms with Crippen molar-refractivity contribution in [2.45, 2.75) is 94.6 Å². The van der Waals surface area contributed by atoms with Gasteiger partial charge in [0.15, 0.2) is 0 Å². The molecule has 1 atom stereocenters. The van der Waals surface area contributed by atoms with E-state index in [4.69, 9.17) is 0 Å². The standard InChI is InChI=1S/C23H19F12P.C23H23P.Fe/c1-12(13-4-2-3-5-13)36(18-8-14(20(24,25)26)6-15(9-18)21(27,28)29)19-10-16(22(30,31)32)7-17(11-19)23(33,34)35;1-3-13-20(14-4-1)24(21-15-5-2-6-16-21)23-18-10-9-17-22(23)19-11-7-8-12-19;/h6-13H,2-5H2,1H3;1-6,9-10,13-19H,7-8,11-12H2;/t12-;;/m1../s1. The molecule has 0 N–H and O–H groups in total. The molecule has 0 nitrogen and oxygen atoms in total. The van der Waals surface area contributed by atoms with E-state index in [-0.39, 0.29) is 35.1 Å². The van der Waals surface area contributed by atoms with Crippen molar-refractivity contribution < 1.29 is 69.8 Å². The van der Waals surface area contributed by atoms with Gasteiger partial charge in [0.1, 0.15) is 0 Å². The van der Waals surface area contributed by atoms with E-state index < -0.39 is 79.1 Å². The predicted octanol–water partition coefficient (Wildman–Crippen LogP) is 13.9. The first-order valence-corrected chi connectivity index (χ1v) is 22.3. The molecule has 0 saturated heterocycles. The maximum atomic E-state index is 13.5. The van der Waals surface area contributed by atoms with Crippen molar-refractivity contribution >= 4 is 42.4 Å². The molecule has 5 aromatic carbocycles. The SMILES string of the molecule is C[C@H](C1CCCC1)P(c1cc(C(F)(F)F)cc(C(F)(F)F)c1)c1cc(C(F)(F)F)cc(C(F)(F)F)c1.[Fe].c1ccc(P(c2ccccc2)c2ccccc2C2CCCC2)cc1. The summed E-state index contributed by atoms with van der Waals surface area (Å²) in [7, 11) is -2.96. The third-order valence-corrected chi connectivity index (χ3v) is 16.6. The van der Waals surface area contributed by atoms with E-state index in [1.807, 2.05) is 0 Å². The van der Waals surface area contributed by atoms with Gasteiger partial charge >= 0.3 is 24.7 Å². The second-order valence-corrected chi connectivity index (χ2v) is 20.0. The quantitative estimate of drug-likeness (QED) is 0.0826. The van der Waals surface area contributed by atoms with Crippen LogP contribution in [-0.4, -0.2) is 5.66 Å². The summed E-state index contributed by atoms with van der Waals surface area (Å²) < 4.78 is 162. The van der Waals surface area contributed by atoms with Crippen LogP contribution >= 0.6 is 15.8 Å². The van der Waals surface area contributed by atoms with Crippen LogP contribution < -0.4 is 26.5 Å². The van der Waals surface area contributed by atoms with E-state index in [2.05, 4.69) is 84.9 Å². The molecule has 328 valence electrons. The predicted molar refractivity (Wildman–Crippen MR) is 217 cm³/mol. The minimum Gasteiger partial charge on any atom is -0.166 e. The smallest absolute Gasteiger partial charge is 0.166 e. The van der Waals surface area contributed by atoms with Crippen LogP contribution in [0.1, 0.15) is 92.0 Å². The molecular weight excluding hydrogens is 898 g/mol. The molecule has 0 bridgehead atoms. The number of alkyl halides is 12. The fourth-order valence-electron chi connectivity index (χ4n) is 8.28. The number of rotatable bonds is 8. The van der Waals surface area contributed by atoms with Crippen LogP contribution in [0.2, 0.25) is 0 Å². The van der Waals surface area contributed by atoms with Gasteiger partial charge in [-0.1, -0.05) is 118 Å². The van der Waals surface area contributed by atoms with E-state index in [1.54, 1.807) is 10.9 Å². The number of benzene rings is 5. The van der Waals surface area contributed by atoms with Gasteiger partial charge in [0, 0.05) is 17.1 Å². The van der Waals surface area contributed by atoms with Gasteiger partial charge in [-0.05, 0) is 128 Å². The first kappa shape index (κ1) is 48.7.